The molecule has 0 saturated carbocycles. The molecule has 1 aromatic rings. The number of aryl methyl sites for hydroxylation is 1. The van der Waals surface area contributed by atoms with Gasteiger partial charge in [-0.25, -0.2) is 0 Å². The molecule has 1 unspecified atom stereocenters. The van der Waals surface area contributed by atoms with Gasteiger partial charge in [-0.2, -0.15) is 0 Å². The Morgan fingerprint density at radius 3 is 2.33 bits per heavy atom. The van der Waals surface area contributed by atoms with Crippen LogP contribution >= 0.6 is 11.6 Å². The first-order valence-corrected chi connectivity index (χ1v) is 4.42. The van der Waals surface area contributed by atoms with Gasteiger partial charge in [0.15, 0.2) is 0 Å². The molecule has 0 saturated heterocycles. The largest absolute Gasteiger partial charge is 0.324 e. The number of hydrogen-bond acceptors (Lipinski definition) is 1. The molecule has 0 aliphatic rings. The van der Waals surface area contributed by atoms with E-state index in [0.717, 1.165) is 16.1 Å². The van der Waals surface area contributed by atoms with Gasteiger partial charge in [0.25, 0.3) is 0 Å². The van der Waals surface area contributed by atoms with Crippen molar-refractivity contribution in [2.75, 3.05) is 0 Å². The van der Waals surface area contributed by atoms with Gasteiger partial charge in [0.05, 0.1) is 0 Å². The van der Waals surface area contributed by atoms with Crippen LogP contribution in [-0.2, 0) is 0 Å². The summed E-state index contributed by atoms with van der Waals surface area (Å²) < 4.78 is 0. The van der Waals surface area contributed by atoms with Crippen molar-refractivity contribution in [2.24, 2.45) is 5.73 Å². The molecule has 12 heavy (non-hydrogen) atoms. The summed E-state index contributed by atoms with van der Waals surface area (Å²) in [6, 6.07) is 4.09. The Morgan fingerprint density at radius 2 is 1.92 bits per heavy atom. The highest BCUT2D eigenvalue weighted by Gasteiger charge is 2.04. The van der Waals surface area contributed by atoms with Gasteiger partial charge in [-0.05, 0) is 43.5 Å². The van der Waals surface area contributed by atoms with E-state index in [1.807, 2.05) is 26.8 Å². The van der Waals surface area contributed by atoms with Crippen LogP contribution in [0.15, 0.2) is 12.1 Å². The minimum absolute atomic E-state index is 0.0572. The van der Waals surface area contributed by atoms with Gasteiger partial charge in [-0.15, -0.1) is 0 Å². The molecule has 1 rings (SSSR count). The zero-order chi connectivity index (χ0) is 9.30. The zero-order valence-electron chi connectivity index (χ0n) is 7.69. The molecule has 0 aliphatic heterocycles. The van der Waals surface area contributed by atoms with Gasteiger partial charge in [-0.1, -0.05) is 17.7 Å². The van der Waals surface area contributed by atoms with Crippen LogP contribution in [0.4, 0.5) is 0 Å². The lowest BCUT2D eigenvalue weighted by atomic mass is 10.0. The predicted octanol–water partition coefficient (Wildman–Crippen LogP) is 2.98. The Balaban J connectivity index is 3.21. The van der Waals surface area contributed by atoms with E-state index < -0.39 is 0 Å². The highest BCUT2D eigenvalue weighted by atomic mass is 35.5. The first-order chi connectivity index (χ1) is 5.52. The smallest absolute Gasteiger partial charge is 0.0441 e. The van der Waals surface area contributed by atoms with Crippen molar-refractivity contribution in [2.45, 2.75) is 26.8 Å². The van der Waals surface area contributed by atoms with Gasteiger partial charge in [-0.3, -0.25) is 0 Å². The van der Waals surface area contributed by atoms with E-state index in [1.54, 1.807) is 0 Å². The molecule has 0 bridgehead atoms. The molecular formula is C10H14ClN. The summed E-state index contributed by atoms with van der Waals surface area (Å²) in [6.45, 7) is 6.02. The first kappa shape index (κ1) is 9.56. The van der Waals surface area contributed by atoms with Gasteiger partial charge >= 0.3 is 0 Å². The average Bonchev–Trinajstić information content (AvgIpc) is 1.99. The molecule has 0 aromatic heterocycles. The second-order valence-electron chi connectivity index (χ2n) is 3.23. The SMILES string of the molecule is Cc1cc(C(C)N)cc(Cl)c1C. The molecule has 1 atom stereocenters. The van der Waals surface area contributed by atoms with Gasteiger partial charge in [0, 0.05) is 11.1 Å². The van der Waals surface area contributed by atoms with E-state index in [9.17, 15) is 0 Å². The molecule has 2 N–H and O–H groups in total. The van der Waals surface area contributed by atoms with Crippen LogP contribution in [0.5, 0.6) is 0 Å². The van der Waals surface area contributed by atoms with E-state index in [-0.39, 0.29) is 6.04 Å². The Bertz CT molecular complexity index is 269. The van der Waals surface area contributed by atoms with Gasteiger partial charge in [0.1, 0.15) is 0 Å². The van der Waals surface area contributed by atoms with Crippen LogP contribution in [0.1, 0.15) is 29.7 Å². The first-order valence-electron chi connectivity index (χ1n) is 4.04. The summed E-state index contributed by atoms with van der Waals surface area (Å²) in [6.07, 6.45) is 0. The molecule has 0 heterocycles. The zero-order valence-corrected chi connectivity index (χ0v) is 8.44. The maximum Gasteiger partial charge on any atom is 0.0441 e. The Morgan fingerprint density at radius 1 is 1.33 bits per heavy atom. The molecule has 2 heteroatoms. The van der Waals surface area contributed by atoms with Crippen molar-refractivity contribution < 1.29 is 0 Å². The topological polar surface area (TPSA) is 26.0 Å². The van der Waals surface area contributed by atoms with Crippen LogP contribution in [-0.4, -0.2) is 0 Å². The third-order valence-corrected chi connectivity index (χ3v) is 2.54. The van der Waals surface area contributed by atoms with Crippen molar-refractivity contribution in [3.8, 4) is 0 Å². The van der Waals surface area contributed by atoms with Crippen molar-refractivity contribution in [3.63, 3.8) is 0 Å². The van der Waals surface area contributed by atoms with Gasteiger partial charge in [0.2, 0.25) is 0 Å². The Labute approximate surface area is 78.5 Å². The number of benzene rings is 1. The molecular weight excluding hydrogens is 170 g/mol. The summed E-state index contributed by atoms with van der Waals surface area (Å²) in [5.74, 6) is 0. The fourth-order valence-corrected chi connectivity index (χ4v) is 1.38. The summed E-state index contributed by atoms with van der Waals surface area (Å²) in [7, 11) is 0. The predicted molar refractivity (Wildman–Crippen MR) is 53.5 cm³/mol. The monoisotopic (exact) mass is 183 g/mol. The van der Waals surface area contributed by atoms with E-state index in [4.69, 9.17) is 17.3 Å². The number of hydrogen-bond donors (Lipinski definition) is 1. The molecule has 0 radical (unpaired) electrons. The van der Waals surface area contributed by atoms with E-state index in [1.165, 1.54) is 5.56 Å². The molecule has 66 valence electrons. The number of halogens is 1. The van der Waals surface area contributed by atoms with Crippen LogP contribution in [0.25, 0.3) is 0 Å². The maximum absolute atomic E-state index is 6.01. The lowest BCUT2D eigenvalue weighted by Crippen LogP contribution is -2.05. The second-order valence-corrected chi connectivity index (χ2v) is 3.64. The van der Waals surface area contributed by atoms with Crippen molar-refractivity contribution in [1.29, 1.82) is 0 Å². The normalized spacial score (nSPS) is 13.1. The molecule has 0 spiro atoms. The highest BCUT2D eigenvalue weighted by Crippen LogP contribution is 2.23. The molecule has 1 aromatic carbocycles. The van der Waals surface area contributed by atoms with Crippen LogP contribution in [0.2, 0.25) is 5.02 Å². The van der Waals surface area contributed by atoms with Crippen LogP contribution in [0.3, 0.4) is 0 Å². The highest BCUT2D eigenvalue weighted by molar-refractivity contribution is 6.31. The van der Waals surface area contributed by atoms with Crippen molar-refractivity contribution >= 4 is 11.6 Å². The van der Waals surface area contributed by atoms with E-state index in [2.05, 4.69) is 6.07 Å². The average molecular weight is 184 g/mol. The summed E-state index contributed by atoms with van der Waals surface area (Å²) in [4.78, 5) is 0. The summed E-state index contributed by atoms with van der Waals surface area (Å²) in [5, 5.41) is 0.808. The summed E-state index contributed by atoms with van der Waals surface area (Å²) in [5.41, 5.74) is 9.19. The third-order valence-electron chi connectivity index (χ3n) is 2.15. The van der Waals surface area contributed by atoms with E-state index >= 15 is 0 Å². The van der Waals surface area contributed by atoms with E-state index in [0.29, 0.717) is 0 Å². The van der Waals surface area contributed by atoms with Crippen LogP contribution < -0.4 is 5.73 Å². The lowest BCUT2D eigenvalue weighted by molar-refractivity contribution is 0.816. The number of nitrogens with two attached hydrogens (primary N) is 1. The lowest BCUT2D eigenvalue weighted by Gasteiger charge is -2.10. The standard InChI is InChI=1S/C10H14ClN/c1-6-4-9(8(3)12)5-10(11)7(6)2/h4-5,8H,12H2,1-3H3. The quantitative estimate of drug-likeness (QED) is 0.712. The molecule has 0 aliphatic carbocycles. The van der Waals surface area contributed by atoms with Gasteiger partial charge < -0.3 is 5.73 Å². The van der Waals surface area contributed by atoms with Crippen molar-refractivity contribution in [3.05, 3.63) is 33.8 Å². The fraction of sp³-hybridized carbons (Fsp3) is 0.400. The Hall–Kier alpha value is -0.530. The maximum atomic E-state index is 6.01. The number of rotatable bonds is 1. The fourth-order valence-electron chi connectivity index (χ4n) is 1.11. The molecule has 1 nitrogen and oxygen atoms in total. The minimum atomic E-state index is 0.0572. The Kier molecular flexibility index (Phi) is 2.76. The van der Waals surface area contributed by atoms with Crippen molar-refractivity contribution in [1.82, 2.24) is 0 Å². The minimum Gasteiger partial charge on any atom is -0.324 e. The second kappa shape index (κ2) is 3.46. The molecule has 0 amide bonds. The van der Waals surface area contributed by atoms with Crippen LogP contribution in [0, 0.1) is 13.8 Å². The third kappa shape index (κ3) is 1.79. The summed E-state index contributed by atoms with van der Waals surface area (Å²) >= 11 is 6.01. The molecule has 0 fully saturated rings.